The van der Waals surface area contributed by atoms with Gasteiger partial charge in [0.05, 0.1) is 10.6 Å². The summed E-state index contributed by atoms with van der Waals surface area (Å²) in [4.78, 5) is 12.9. The monoisotopic (exact) mass is 427 g/mol. The molecule has 2 aromatic carbocycles. The number of hydrogen-bond donors (Lipinski definition) is 1. The zero-order valence-electron chi connectivity index (χ0n) is 17.1. The highest BCUT2D eigenvalue weighted by Crippen LogP contribution is 2.26. The van der Waals surface area contributed by atoms with Gasteiger partial charge in [-0.3, -0.25) is 4.79 Å². The van der Waals surface area contributed by atoms with E-state index >= 15 is 0 Å². The van der Waals surface area contributed by atoms with Gasteiger partial charge in [0, 0.05) is 31.1 Å². The number of sulfonamides is 1. The molecule has 1 amide bonds. The first-order valence-corrected chi connectivity index (χ1v) is 11.5. The van der Waals surface area contributed by atoms with Crippen molar-refractivity contribution in [3.63, 3.8) is 0 Å². The first-order chi connectivity index (χ1) is 14.4. The molecule has 0 unspecified atom stereocenters. The van der Waals surface area contributed by atoms with Crippen LogP contribution in [0, 0.1) is 19.8 Å². The highest BCUT2D eigenvalue weighted by Gasteiger charge is 2.32. The van der Waals surface area contributed by atoms with Gasteiger partial charge in [0.25, 0.3) is 0 Å². The van der Waals surface area contributed by atoms with Gasteiger partial charge in [-0.15, -0.1) is 0 Å². The molecule has 1 fully saturated rings. The van der Waals surface area contributed by atoms with Crippen molar-refractivity contribution in [2.75, 3.05) is 13.1 Å². The second-order valence-corrected chi connectivity index (χ2v) is 9.65. The van der Waals surface area contributed by atoms with E-state index in [9.17, 15) is 13.2 Å². The number of rotatable bonds is 5. The number of carbonyl (C=O) groups excluding carboxylic acids is 1. The van der Waals surface area contributed by atoms with Gasteiger partial charge >= 0.3 is 0 Å². The summed E-state index contributed by atoms with van der Waals surface area (Å²) in [5.74, 6) is 0.440. The molecule has 1 aliphatic rings. The Balaban J connectivity index is 1.38. The molecule has 1 aliphatic heterocycles. The molecule has 2 heterocycles. The maximum atomic E-state index is 13.1. The number of benzene rings is 2. The first-order valence-electron chi connectivity index (χ1n) is 10.0. The van der Waals surface area contributed by atoms with Gasteiger partial charge < -0.3 is 9.84 Å². The highest BCUT2D eigenvalue weighted by molar-refractivity contribution is 7.89. The quantitative estimate of drug-likeness (QED) is 0.675. The summed E-state index contributed by atoms with van der Waals surface area (Å²) in [6, 6.07) is 12.9. The minimum absolute atomic E-state index is 0.0576. The number of fused-ring (bicyclic) bond motifs is 1. The van der Waals surface area contributed by atoms with E-state index in [1.54, 1.807) is 12.1 Å². The predicted molar refractivity (Wildman–Crippen MR) is 113 cm³/mol. The van der Waals surface area contributed by atoms with Crippen molar-refractivity contribution >= 4 is 26.7 Å². The van der Waals surface area contributed by atoms with Crippen LogP contribution in [0.5, 0.6) is 0 Å². The Morgan fingerprint density at radius 1 is 1.13 bits per heavy atom. The topological polar surface area (TPSA) is 92.5 Å². The maximum absolute atomic E-state index is 13.1. The molecule has 0 bridgehead atoms. The van der Waals surface area contributed by atoms with Crippen molar-refractivity contribution < 1.29 is 17.7 Å². The third kappa shape index (κ3) is 3.97. The number of aryl methyl sites for hydroxylation is 2. The molecule has 8 heteroatoms. The first kappa shape index (κ1) is 20.6. The average Bonchev–Trinajstić information content (AvgIpc) is 3.09. The third-order valence-corrected chi connectivity index (χ3v) is 7.70. The molecule has 0 aliphatic carbocycles. The lowest BCUT2D eigenvalue weighted by atomic mass is 9.97. The van der Waals surface area contributed by atoms with Crippen LogP contribution in [0.3, 0.4) is 0 Å². The van der Waals surface area contributed by atoms with Crippen LogP contribution in [-0.4, -0.2) is 36.9 Å². The molecule has 158 valence electrons. The van der Waals surface area contributed by atoms with Crippen LogP contribution < -0.4 is 5.32 Å². The van der Waals surface area contributed by atoms with E-state index < -0.39 is 10.0 Å². The van der Waals surface area contributed by atoms with Gasteiger partial charge in [-0.2, -0.15) is 4.31 Å². The van der Waals surface area contributed by atoms with Crippen LogP contribution in [0.25, 0.3) is 10.8 Å². The lowest BCUT2D eigenvalue weighted by molar-refractivity contribution is -0.126. The molecule has 1 N–H and O–H groups in total. The Bertz CT molecular complexity index is 1160. The van der Waals surface area contributed by atoms with Crippen LogP contribution in [0.4, 0.5) is 0 Å². The van der Waals surface area contributed by atoms with Gasteiger partial charge in [0.2, 0.25) is 15.9 Å². The maximum Gasteiger partial charge on any atom is 0.243 e. The fourth-order valence-electron chi connectivity index (χ4n) is 3.91. The number of nitrogens with one attached hydrogen (secondary N) is 1. The van der Waals surface area contributed by atoms with Crippen molar-refractivity contribution in [2.45, 2.75) is 38.1 Å². The number of nitrogens with zero attached hydrogens (tertiary/aromatic N) is 2. The molecule has 4 rings (SSSR count). The summed E-state index contributed by atoms with van der Waals surface area (Å²) < 4.78 is 32.7. The molecule has 3 aromatic rings. The minimum atomic E-state index is -3.58. The van der Waals surface area contributed by atoms with Crippen LogP contribution in [-0.2, 0) is 21.4 Å². The van der Waals surface area contributed by atoms with Gasteiger partial charge in [0.1, 0.15) is 5.76 Å². The average molecular weight is 428 g/mol. The summed E-state index contributed by atoms with van der Waals surface area (Å²) >= 11 is 0. The number of hydrogen-bond acceptors (Lipinski definition) is 5. The molecule has 0 saturated carbocycles. The lowest BCUT2D eigenvalue weighted by Gasteiger charge is -2.30. The molecule has 7 nitrogen and oxygen atoms in total. The van der Waals surface area contributed by atoms with Crippen LogP contribution in [0.1, 0.15) is 29.9 Å². The van der Waals surface area contributed by atoms with E-state index in [1.807, 2.05) is 44.2 Å². The Kier molecular flexibility index (Phi) is 5.62. The lowest BCUT2D eigenvalue weighted by Crippen LogP contribution is -2.42. The second kappa shape index (κ2) is 8.20. The third-order valence-electron chi connectivity index (χ3n) is 5.80. The molecular formula is C22H25N3O4S. The fraction of sp³-hybridized carbons (Fsp3) is 0.364. The number of carbonyl (C=O) groups is 1. The molecule has 30 heavy (non-hydrogen) atoms. The Hall–Kier alpha value is -2.71. The summed E-state index contributed by atoms with van der Waals surface area (Å²) in [6.45, 7) is 4.69. The van der Waals surface area contributed by atoms with Crippen molar-refractivity contribution in [1.82, 2.24) is 14.8 Å². The van der Waals surface area contributed by atoms with E-state index in [-0.39, 0.29) is 11.8 Å². The highest BCUT2D eigenvalue weighted by atomic mass is 32.2. The fourth-order valence-corrected chi connectivity index (χ4v) is 5.41. The SMILES string of the molecule is Cc1noc(C)c1CNC(=O)C1CCN(S(=O)(=O)c2ccc3ccccc3c2)CC1. The molecule has 1 aromatic heterocycles. The largest absolute Gasteiger partial charge is 0.361 e. The normalized spacial score (nSPS) is 16.1. The second-order valence-electron chi connectivity index (χ2n) is 7.71. The number of aromatic nitrogens is 1. The number of piperidine rings is 1. The van der Waals surface area contributed by atoms with E-state index in [0.717, 1.165) is 22.0 Å². The zero-order valence-corrected chi connectivity index (χ0v) is 17.9. The molecule has 0 radical (unpaired) electrons. The predicted octanol–water partition coefficient (Wildman–Crippen LogP) is 3.16. The van der Waals surface area contributed by atoms with E-state index in [4.69, 9.17) is 4.52 Å². The smallest absolute Gasteiger partial charge is 0.243 e. The Morgan fingerprint density at radius 3 is 2.50 bits per heavy atom. The number of amides is 1. The Morgan fingerprint density at radius 2 is 1.83 bits per heavy atom. The van der Waals surface area contributed by atoms with Gasteiger partial charge in [-0.05, 0) is 49.6 Å². The van der Waals surface area contributed by atoms with Crippen molar-refractivity contribution in [3.05, 3.63) is 59.5 Å². The van der Waals surface area contributed by atoms with Crippen molar-refractivity contribution in [3.8, 4) is 0 Å². The van der Waals surface area contributed by atoms with Crippen LogP contribution in [0.15, 0.2) is 51.9 Å². The molecule has 1 saturated heterocycles. The van der Waals surface area contributed by atoms with Crippen molar-refractivity contribution in [1.29, 1.82) is 0 Å². The summed E-state index contributed by atoms with van der Waals surface area (Å²) in [7, 11) is -3.58. The van der Waals surface area contributed by atoms with Gasteiger partial charge in [-0.25, -0.2) is 8.42 Å². The van der Waals surface area contributed by atoms with Gasteiger partial charge in [-0.1, -0.05) is 35.5 Å². The minimum Gasteiger partial charge on any atom is -0.361 e. The zero-order chi connectivity index (χ0) is 21.3. The summed E-state index contributed by atoms with van der Waals surface area (Å²) in [5, 5.41) is 8.73. The van der Waals surface area contributed by atoms with E-state index in [0.29, 0.717) is 43.1 Å². The van der Waals surface area contributed by atoms with Crippen LogP contribution >= 0.6 is 0 Å². The van der Waals surface area contributed by atoms with E-state index in [2.05, 4.69) is 10.5 Å². The Labute approximate surface area is 176 Å². The standard InChI is InChI=1S/C22H25N3O4S/c1-15-21(16(2)29-24-15)14-23-22(26)18-9-11-25(12-10-18)30(27,28)20-8-7-17-5-3-4-6-19(17)13-20/h3-8,13,18H,9-12,14H2,1-2H3,(H,23,26). The van der Waals surface area contributed by atoms with Crippen molar-refractivity contribution in [2.24, 2.45) is 5.92 Å². The molecule has 0 atom stereocenters. The summed E-state index contributed by atoms with van der Waals surface area (Å²) in [5.41, 5.74) is 1.66. The molecular weight excluding hydrogens is 402 g/mol. The molecule has 0 spiro atoms. The van der Waals surface area contributed by atoms with Gasteiger partial charge in [0.15, 0.2) is 0 Å². The van der Waals surface area contributed by atoms with Crippen LogP contribution in [0.2, 0.25) is 0 Å². The summed E-state index contributed by atoms with van der Waals surface area (Å²) in [6.07, 6.45) is 1.00. The van der Waals surface area contributed by atoms with E-state index in [1.165, 1.54) is 4.31 Å².